The van der Waals surface area contributed by atoms with Gasteiger partial charge in [-0.15, -0.1) is 0 Å². The molecule has 0 aromatic heterocycles. The van der Waals surface area contributed by atoms with Crippen molar-refractivity contribution in [3.8, 4) is 0 Å². The molecule has 0 saturated heterocycles. The number of hydrogen-bond donors (Lipinski definition) is 7. The number of carbonyl (C=O) groups is 6. The molecule has 1 rings (SSSR count). The van der Waals surface area contributed by atoms with Crippen LogP contribution in [0.3, 0.4) is 0 Å². The zero-order valence-electron chi connectivity index (χ0n) is 20.8. The first-order valence-electron chi connectivity index (χ1n) is 10.5. The molecule has 15 heteroatoms. The van der Waals surface area contributed by atoms with Gasteiger partial charge in [0.15, 0.2) is 4.69 Å². The van der Waals surface area contributed by atoms with E-state index in [0.29, 0.717) is 0 Å². The van der Waals surface area contributed by atoms with Crippen molar-refractivity contribution >= 4 is 50.6 Å². The predicted molar refractivity (Wildman–Crippen MR) is 135 cm³/mol. The van der Waals surface area contributed by atoms with Crippen molar-refractivity contribution in [3.63, 3.8) is 0 Å². The van der Waals surface area contributed by atoms with Gasteiger partial charge in [-0.05, 0) is 34.3 Å². The Morgan fingerprint density at radius 3 is 1.59 bits per heavy atom. The maximum absolute atomic E-state index is 11.4. The Morgan fingerprint density at radius 1 is 0.892 bits per heavy atom. The summed E-state index contributed by atoms with van der Waals surface area (Å²) in [6, 6.07) is 6.23. The van der Waals surface area contributed by atoms with Crippen LogP contribution >= 0.6 is 15.9 Å². The van der Waals surface area contributed by atoms with Crippen LogP contribution in [-0.4, -0.2) is 73.2 Å². The average molecular weight is 596 g/mol. The number of nitrogens with two attached hydrogens (primary N) is 2. The number of aliphatic carboxylic acids is 4. The van der Waals surface area contributed by atoms with Crippen molar-refractivity contribution < 1.29 is 53.9 Å². The Morgan fingerprint density at radius 2 is 1.32 bits per heavy atom. The van der Waals surface area contributed by atoms with Crippen LogP contribution in [0.25, 0.3) is 0 Å². The average Bonchev–Trinajstić information content (AvgIpc) is 2.76. The summed E-state index contributed by atoms with van der Waals surface area (Å²) in [4.78, 5) is 60.9. The van der Waals surface area contributed by atoms with Gasteiger partial charge in [0.05, 0.1) is 6.42 Å². The van der Waals surface area contributed by atoms with Crippen LogP contribution in [0.2, 0.25) is 0 Å². The summed E-state index contributed by atoms with van der Waals surface area (Å²) < 4.78 is 4.92. The highest BCUT2D eigenvalue weighted by molar-refractivity contribution is 9.18. The number of nitrogens with one attached hydrogen (secondary N) is 1. The van der Waals surface area contributed by atoms with Gasteiger partial charge in [0.1, 0.15) is 24.7 Å². The van der Waals surface area contributed by atoms with Crippen LogP contribution in [0.5, 0.6) is 0 Å². The standard InChI is InChI=1S/C13H17NO4.C4H7NO4.C3H7NO2.C2H3BrO/c1-9(2)11(12(15)16)14-13(17)18-8-10-6-4-3-5-7-10;5-2(4(8)9)1-3(6)7;1-2(4)3(5)6;1-2(3)4/h3-7,9,11H,8H2,1-2H3,(H,14,17)(H,15,16);2H,1,5H2,(H,6,7)(H,8,9);2H,4H2,1H3,(H,5,6);1H3/t11-;2*2-;/m000./s1. The minimum Gasteiger partial charge on any atom is -0.481 e. The smallest absolute Gasteiger partial charge is 0.408 e. The van der Waals surface area contributed by atoms with Gasteiger partial charge in [0.25, 0.3) is 0 Å². The van der Waals surface area contributed by atoms with Gasteiger partial charge in [-0.25, -0.2) is 9.59 Å². The summed E-state index contributed by atoms with van der Waals surface area (Å²) >= 11 is 2.63. The van der Waals surface area contributed by atoms with Gasteiger partial charge >= 0.3 is 30.0 Å². The third-order valence-corrected chi connectivity index (χ3v) is 3.52. The van der Waals surface area contributed by atoms with E-state index in [0.717, 1.165) is 5.56 Å². The number of rotatable bonds is 9. The van der Waals surface area contributed by atoms with E-state index >= 15 is 0 Å². The van der Waals surface area contributed by atoms with Crippen LogP contribution in [0.1, 0.15) is 39.7 Å². The van der Waals surface area contributed by atoms with Crippen molar-refractivity contribution in [2.24, 2.45) is 17.4 Å². The lowest BCUT2D eigenvalue weighted by Crippen LogP contribution is -2.44. The number of carboxylic acids is 4. The number of benzene rings is 1. The van der Waals surface area contributed by atoms with Crippen molar-refractivity contribution in [1.82, 2.24) is 5.32 Å². The fourth-order valence-electron chi connectivity index (χ4n) is 1.68. The van der Waals surface area contributed by atoms with Gasteiger partial charge in [0, 0.05) is 6.92 Å². The first-order chi connectivity index (χ1) is 16.9. The second-order valence-corrected chi connectivity index (χ2v) is 8.52. The molecule has 9 N–H and O–H groups in total. The molecule has 3 atom stereocenters. The number of amides is 1. The summed E-state index contributed by atoms with van der Waals surface area (Å²) in [5.74, 6) is -4.73. The topological polar surface area (TPSA) is 257 Å². The SMILES string of the molecule is CC(=O)Br.CC(C)[C@H](NC(=O)OCc1ccccc1)C(=O)O.C[C@H](N)C(=O)O.N[C@@H](CC(=O)O)C(=O)O. The fourth-order valence-corrected chi connectivity index (χ4v) is 1.68. The molecule has 0 bridgehead atoms. The highest BCUT2D eigenvalue weighted by Crippen LogP contribution is 2.04. The predicted octanol–water partition coefficient (Wildman–Crippen LogP) is 1.24. The number of carbonyl (C=O) groups excluding carboxylic acids is 2. The Hall–Kier alpha value is -3.56. The summed E-state index contributed by atoms with van der Waals surface area (Å²) in [6.07, 6.45) is -1.25. The first-order valence-corrected chi connectivity index (χ1v) is 11.3. The lowest BCUT2D eigenvalue weighted by atomic mass is 10.1. The minimum absolute atomic E-state index is 0.0208. The number of alkyl carbamates (subject to hydrolysis) is 1. The van der Waals surface area contributed by atoms with Gasteiger partial charge in [-0.1, -0.05) is 44.2 Å². The first kappa shape index (κ1) is 38.0. The monoisotopic (exact) mass is 595 g/mol. The highest BCUT2D eigenvalue weighted by Gasteiger charge is 2.23. The molecule has 0 radical (unpaired) electrons. The number of halogens is 1. The van der Waals surface area contributed by atoms with Crippen molar-refractivity contribution in [2.75, 3.05) is 0 Å². The van der Waals surface area contributed by atoms with Crippen LogP contribution in [0.4, 0.5) is 4.79 Å². The number of ether oxygens (including phenoxy) is 1. The zero-order valence-corrected chi connectivity index (χ0v) is 22.4. The van der Waals surface area contributed by atoms with Crippen molar-refractivity contribution in [1.29, 1.82) is 0 Å². The quantitative estimate of drug-likeness (QED) is 0.198. The van der Waals surface area contributed by atoms with E-state index in [1.54, 1.807) is 13.8 Å². The molecule has 0 fully saturated rings. The summed E-state index contributed by atoms with van der Waals surface area (Å²) in [5.41, 5.74) is 10.5. The minimum atomic E-state index is -1.29. The van der Waals surface area contributed by atoms with E-state index in [-0.39, 0.29) is 17.2 Å². The molecule has 0 heterocycles. The van der Waals surface area contributed by atoms with Crippen LogP contribution in [-0.2, 0) is 35.3 Å². The van der Waals surface area contributed by atoms with E-state index in [1.165, 1.54) is 13.8 Å². The Kier molecular flexibility index (Phi) is 22.3. The highest BCUT2D eigenvalue weighted by atomic mass is 79.9. The normalized spacial score (nSPS) is 11.8. The molecular weight excluding hydrogens is 562 g/mol. The molecular formula is C22H34BrN3O11. The zero-order chi connectivity index (χ0) is 29.7. The van der Waals surface area contributed by atoms with Crippen LogP contribution in [0, 0.1) is 5.92 Å². The van der Waals surface area contributed by atoms with Crippen molar-refractivity contribution in [3.05, 3.63) is 35.9 Å². The lowest BCUT2D eigenvalue weighted by Gasteiger charge is -2.17. The summed E-state index contributed by atoms with van der Waals surface area (Å²) in [7, 11) is 0. The molecule has 210 valence electrons. The van der Waals surface area contributed by atoms with Crippen LogP contribution < -0.4 is 16.8 Å². The van der Waals surface area contributed by atoms with Crippen molar-refractivity contribution in [2.45, 2.75) is 58.8 Å². The largest absolute Gasteiger partial charge is 0.481 e. The Balaban J connectivity index is -0.000000505. The van der Waals surface area contributed by atoms with Gasteiger partial charge in [-0.2, -0.15) is 0 Å². The summed E-state index contributed by atoms with van der Waals surface area (Å²) in [5, 5.41) is 35.1. The van der Waals surface area contributed by atoms with Gasteiger partial charge in [0.2, 0.25) is 0 Å². The van der Waals surface area contributed by atoms with E-state index in [9.17, 15) is 28.8 Å². The molecule has 14 nitrogen and oxygen atoms in total. The Labute approximate surface area is 222 Å². The number of carboxylic acid groups (broad SMARTS) is 4. The second kappa shape index (κ2) is 21.7. The molecule has 0 aliphatic rings. The van der Waals surface area contributed by atoms with Gasteiger partial charge < -0.3 is 41.9 Å². The molecule has 0 aliphatic heterocycles. The third kappa shape index (κ3) is 26.9. The molecule has 0 spiro atoms. The fraction of sp³-hybridized carbons (Fsp3) is 0.455. The van der Waals surface area contributed by atoms with Crippen LogP contribution in [0.15, 0.2) is 30.3 Å². The summed E-state index contributed by atoms with van der Waals surface area (Å²) in [6.45, 7) is 6.42. The van der Waals surface area contributed by atoms with E-state index in [1.807, 2.05) is 30.3 Å². The molecule has 1 aromatic carbocycles. The molecule has 0 saturated carbocycles. The second-order valence-electron chi connectivity index (χ2n) is 7.41. The number of hydrogen-bond acceptors (Lipinski definition) is 9. The molecule has 37 heavy (non-hydrogen) atoms. The molecule has 1 aromatic rings. The van der Waals surface area contributed by atoms with E-state index in [2.05, 4.69) is 21.2 Å². The lowest BCUT2D eigenvalue weighted by molar-refractivity contribution is -0.144. The maximum Gasteiger partial charge on any atom is 0.408 e. The molecule has 0 unspecified atom stereocenters. The van der Waals surface area contributed by atoms with E-state index in [4.69, 9.17) is 36.6 Å². The molecule has 0 aliphatic carbocycles. The Bertz CT molecular complexity index is 861. The van der Waals surface area contributed by atoms with E-state index < -0.39 is 54.5 Å². The molecule has 1 amide bonds. The van der Waals surface area contributed by atoms with Gasteiger partial charge in [-0.3, -0.25) is 19.2 Å². The third-order valence-electron chi connectivity index (χ3n) is 3.52. The maximum atomic E-state index is 11.4.